The van der Waals surface area contributed by atoms with Gasteiger partial charge in [-0.3, -0.25) is 0 Å². The average Bonchev–Trinajstić information content (AvgIpc) is 2.67. The normalized spacial score (nSPS) is 12.5. The number of aromatic nitrogens is 2. The fourth-order valence-corrected chi connectivity index (χ4v) is 1.80. The molecule has 2 rings (SSSR count). The maximum atomic E-state index is 12.8. The van der Waals surface area contributed by atoms with E-state index in [1.54, 1.807) is 7.05 Å². The molecule has 118 valence electrons. The number of rotatable bonds is 2. The molecule has 0 aliphatic carbocycles. The van der Waals surface area contributed by atoms with E-state index < -0.39 is 29.0 Å². The highest BCUT2D eigenvalue weighted by Crippen LogP contribution is 2.39. The molecule has 0 radical (unpaired) electrons. The van der Waals surface area contributed by atoms with E-state index >= 15 is 0 Å². The molecule has 0 saturated carbocycles. The molecule has 2 N–H and O–H groups in total. The maximum Gasteiger partial charge on any atom is 0.418 e. The van der Waals surface area contributed by atoms with E-state index in [2.05, 4.69) is 15.3 Å². The van der Waals surface area contributed by atoms with Crippen LogP contribution in [0.3, 0.4) is 0 Å². The zero-order valence-corrected chi connectivity index (χ0v) is 11.3. The Hall–Kier alpha value is -1.48. The lowest BCUT2D eigenvalue weighted by molar-refractivity contribution is -0.142. The SMILES string of the molecule is CNCc1nc2c(C(F)(F)F)cc(C(F)(F)F)cc2[nH]1.Cl. The minimum Gasteiger partial charge on any atom is -0.341 e. The van der Waals surface area contributed by atoms with Gasteiger partial charge in [-0.1, -0.05) is 0 Å². The van der Waals surface area contributed by atoms with Gasteiger partial charge in [0.2, 0.25) is 0 Å². The quantitative estimate of drug-likeness (QED) is 0.822. The monoisotopic (exact) mass is 333 g/mol. The van der Waals surface area contributed by atoms with E-state index in [1.807, 2.05) is 0 Å². The van der Waals surface area contributed by atoms with Crippen molar-refractivity contribution in [2.45, 2.75) is 18.9 Å². The van der Waals surface area contributed by atoms with Gasteiger partial charge in [0.1, 0.15) is 11.3 Å². The van der Waals surface area contributed by atoms with Crippen molar-refractivity contribution in [1.82, 2.24) is 15.3 Å². The van der Waals surface area contributed by atoms with E-state index in [-0.39, 0.29) is 36.4 Å². The summed E-state index contributed by atoms with van der Waals surface area (Å²) in [5.41, 5.74) is -3.58. The van der Waals surface area contributed by atoms with Crippen LogP contribution in [-0.2, 0) is 18.9 Å². The number of hydrogen-bond acceptors (Lipinski definition) is 2. The van der Waals surface area contributed by atoms with Gasteiger partial charge in [-0.2, -0.15) is 26.3 Å². The highest BCUT2D eigenvalue weighted by atomic mass is 35.5. The Morgan fingerprint density at radius 2 is 1.71 bits per heavy atom. The highest BCUT2D eigenvalue weighted by molar-refractivity contribution is 5.85. The Labute approximate surface area is 121 Å². The molecule has 0 bridgehead atoms. The van der Waals surface area contributed by atoms with Crippen LogP contribution in [0.4, 0.5) is 26.3 Å². The number of halogens is 7. The summed E-state index contributed by atoms with van der Waals surface area (Å²) in [6, 6.07) is 0.697. The van der Waals surface area contributed by atoms with Crippen LogP contribution in [0.1, 0.15) is 17.0 Å². The molecule has 10 heteroatoms. The first-order valence-corrected chi connectivity index (χ1v) is 5.44. The number of imidazole rings is 1. The number of nitrogens with one attached hydrogen (secondary N) is 2. The number of hydrogen-bond donors (Lipinski definition) is 2. The van der Waals surface area contributed by atoms with Gasteiger partial charge in [-0.15, -0.1) is 12.4 Å². The lowest BCUT2D eigenvalue weighted by Crippen LogP contribution is -2.11. The molecule has 21 heavy (non-hydrogen) atoms. The fourth-order valence-electron chi connectivity index (χ4n) is 1.80. The third-order valence-corrected chi connectivity index (χ3v) is 2.61. The van der Waals surface area contributed by atoms with Crippen LogP contribution >= 0.6 is 12.4 Å². The fraction of sp³-hybridized carbons (Fsp3) is 0.364. The van der Waals surface area contributed by atoms with Gasteiger partial charge >= 0.3 is 12.4 Å². The second-order valence-corrected chi connectivity index (χ2v) is 4.13. The molecule has 2 aromatic rings. The van der Waals surface area contributed by atoms with Crippen molar-refractivity contribution in [3.05, 3.63) is 29.1 Å². The molecule has 0 aliphatic rings. The Morgan fingerprint density at radius 3 is 2.19 bits per heavy atom. The van der Waals surface area contributed by atoms with Crippen LogP contribution in [0.25, 0.3) is 11.0 Å². The first-order valence-electron chi connectivity index (χ1n) is 5.44. The first kappa shape index (κ1) is 17.6. The van der Waals surface area contributed by atoms with Gasteiger partial charge < -0.3 is 10.3 Å². The summed E-state index contributed by atoms with van der Waals surface area (Å²) in [7, 11) is 1.54. The minimum atomic E-state index is -4.91. The molecule has 1 aromatic carbocycles. The van der Waals surface area contributed by atoms with Crippen LogP contribution in [0.2, 0.25) is 0 Å². The van der Waals surface area contributed by atoms with Gasteiger partial charge in [0.15, 0.2) is 0 Å². The topological polar surface area (TPSA) is 40.7 Å². The number of nitrogens with zero attached hydrogens (tertiary/aromatic N) is 1. The third-order valence-electron chi connectivity index (χ3n) is 2.61. The maximum absolute atomic E-state index is 12.8. The van der Waals surface area contributed by atoms with Crippen molar-refractivity contribution in [3.8, 4) is 0 Å². The van der Waals surface area contributed by atoms with Crippen LogP contribution in [-0.4, -0.2) is 17.0 Å². The molecule has 3 nitrogen and oxygen atoms in total. The molecule has 0 spiro atoms. The minimum absolute atomic E-state index is 0. The van der Waals surface area contributed by atoms with E-state index in [9.17, 15) is 26.3 Å². The van der Waals surface area contributed by atoms with Crippen molar-refractivity contribution in [2.24, 2.45) is 0 Å². The zero-order chi connectivity index (χ0) is 15.1. The third kappa shape index (κ3) is 3.59. The molecule has 0 fully saturated rings. The molecule has 0 aliphatic heterocycles. The van der Waals surface area contributed by atoms with Crippen LogP contribution in [0.5, 0.6) is 0 Å². The molecule has 0 amide bonds. The molecule has 1 heterocycles. The van der Waals surface area contributed by atoms with Crippen LogP contribution < -0.4 is 5.32 Å². The Morgan fingerprint density at radius 1 is 1.10 bits per heavy atom. The molecule has 1 aromatic heterocycles. The lowest BCUT2D eigenvalue weighted by atomic mass is 10.1. The number of fused-ring (bicyclic) bond motifs is 1. The molecular formula is C11H10ClF6N3. The molecular weight excluding hydrogens is 324 g/mol. The summed E-state index contributed by atoms with van der Waals surface area (Å²) >= 11 is 0. The largest absolute Gasteiger partial charge is 0.418 e. The molecule has 0 saturated heterocycles. The Bertz CT molecular complexity index is 631. The van der Waals surface area contributed by atoms with Crippen molar-refractivity contribution >= 4 is 23.4 Å². The van der Waals surface area contributed by atoms with E-state index in [4.69, 9.17) is 0 Å². The van der Waals surface area contributed by atoms with Crippen molar-refractivity contribution < 1.29 is 26.3 Å². The van der Waals surface area contributed by atoms with Crippen molar-refractivity contribution in [3.63, 3.8) is 0 Å². The van der Waals surface area contributed by atoms with E-state index in [0.717, 1.165) is 0 Å². The second kappa shape index (κ2) is 5.72. The lowest BCUT2D eigenvalue weighted by Gasteiger charge is -2.11. The highest BCUT2D eigenvalue weighted by Gasteiger charge is 2.39. The van der Waals surface area contributed by atoms with Gasteiger partial charge in [0.25, 0.3) is 0 Å². The summed E-state index contributed by atoms with van der Waals surface area (Å²) in [4.78, 5) is 6.13. The molecule has 0 atom stereocenters. The zero-order valence-electron chi connectivity index (χ0n) is 10.5. The summed E-state index contributed by atoms with van der Waals surface area (Å²) in [5, 5.41) is 2.65. The number of benzene rings is 1. The first-order chi connectivity index (χ1) is 9.13. The van der Waals surface area contributed by atoms with Gasteiger partial charge in [-0.25, -0.2) is 4.98 Å². The summed E-state index contributed by atoms with van der Waals surface area (Å²) in [5.74, 6) is 0.132. The van der Waals surface area contributed by atoms with Crippen LogP contribution in [0, 0.1) is 0 Å². The van der Waals surface area contributed by atoms with Crippen molar-refractivity contribution in [2.75, 3.05) is 7.05 Å². The number of alkyl halides is 6. The summed E-state index contributed by atoms with van der Waals surface area (Å²) < 4.78 is 76.4. The van der Waals surface area contributed by atoms with Crippen LogP contribution in [0.15, 0.2) is 12.1 Å². The van der Waals surface area contributed by atoms with Gasteiger partial charge in [0, 0.05) is 0 Å². The second-order valence-electron chi connectivity index (χ2n) is 4.13. The molecule has 0 unspecified atom stereocenters. The van der Waals surface area contributed by atoms with E-state index in [0.29, 0.717) is 6.07 Å². The summed E-state index contributed by atoms with van der Waals surface area (Å²) in [6.45, 7) is 0.118. The van der Waals surface area contributed by atoms with Gasteiger partial charge in [-0.05, 0) is 19.2 Å². The predicted molar refractivity (Wildman–Crippen MR) is 66.1 cm³/mol. The number of H-pyrrole nitrogens is 1. The predicted octanol–water partition coefficient (Wildman–Crippen LogP) is 3.74. The summed E-state index contributed by atoms with van der Waals surface area (Å²) in [6.07, 6.45) is -9.77. The Kier molecular flexibility index (Phi) is 4.79. The average molecular weight is 334 g/mol. The van der Waals surface area contributed by atoms with Gasteiger partial charge in [0.05, 0.1) is 23.2 Å². The Balaban J connectivity index is 0.00000220. The van der Waals surface area contributed by atoms with Crippen molar-refractivity contribution in [1.29, 1.82) is 0 Å². The smallest absolute Gasteiger partial charge is 0.341 e. The number of aromatic amines is 1. The standard InChI is InChI=1S/C11H9F6N3.ClH/c1-18-4-8-19-7-3-5(10(12,13)14)2-6(9(7)20-8)11(15,16)17;/h2-3,18H,4H2,1H3,(H,19,20);1H. The van der Waals surface area contributed by atoms with E-state index in [1.165, 1.54) is 0 Å².